The summed E-state index contributed by atoms with van der Waals surface area (Å²) in [6.45, 7) is 3.38. The van der Waals surface area contributed by atoms with Gasteiger partial charge >= 0.3 is 11.9 Å². The largest absolute Gasteiger partial charge is 0.502 e. The van der Waals surface area contributed by atoms with Gasteiger partial charge in [-0.05, 0) is 36.6 Å². The van der Waals surface area contributed by atoms with Gasteiger partial charge in [0.15, 0.2) is 0 Å². The summed E-state index contributed by atoms with van der Waals surface area (Å²) in [4.78, 5) is 25.3. The van der Waals surface area contributed by atoms with Gasteiger partial charge in [-0.2, -0.15) is 0 Å². The van der Waals surface area contributed by atoms with Crippen LogP contribution >= 0.6 is 0 Å². The summed E-state index contributed by atoms with van der Waals surface area (Å²) in [6, 6.07) is 14.0. The number of benzene rings is 2. The summed E-state index contributed by atoms with van der Waals surface area (Å²) in [7, 11) is 1.21. The van der Waals surface area contributed by atoms with Crippen LogP contribution in [0.15, 0.2) is 54.3 Å². The Hall–Kier alpha value is -3.32. The molecular formula is C24H24O7. The Morgan fingerprint density at radius 3 is 2.58 bits per heavy atom. The van der Waals surface area contributed by atoms with Crippen LogP contribution in [0.1, 0.15) is 30.5 Å². The van der Waals surface area contributed by atoms with Crippen molar-refractivity contribution in [3.8, 4) is 5.75 Å². The van der Waals surface area contributed by atoms with E-state index >= 15 is 0 Å². The third kappa shape index (κ3) is 3.55. The minimum absolute atomic E-state index is 0.0276. The van der Waals surface area contributed by atoms with E-state index in [1.165, 1.54) is 7.11 Å². The monoisotopic (exact) mass is 424 g/mol. The van der Waals surface area contributed by atoms with Gasteiger partial charge in [-0.1, -0.05) is 42.5 Å². The zero-order valence-corrected chi connectivity index (χ0v) is 17.5. The fourth-order valence-corrected chi connectivity index (χ4v) is 4.12. The standard InChI is InChI=1S/C24H24O7/c1-23(2,28)18-12-16-11-14(9-10-17(16)30-18)13-24(22(27)29-3)19(20(25)21(26)31-24)15-7-5-4-6-8-15/h4-11,18,25,28H,12-13H2,1-3H3. The molecule has 0 radical (unpaired) electrons. The number of ether oxygens (including phenoxy) is 3. The zero-order chi connectivity index (χ0) is 22.4. The van der Waals surface area contributed by atoms with Gasteiger partial charge in [-0.3, -0.25) is 0 Å². The second kappa shape index (κ2) is 7.42. The number of aliphatic hydroxyl groups is 2. The molecule has 0 aromatic heterocycles. The summed E-state index contributed by atoms with van der Waals surface area (Å²) in [5.41, 5.74) is -0.689. The van der Waals surface area contributed by atoms with Crippen molar-refractivity contribution >= 4 is 17.5 Å². The van der Waals surface area contributed by atoms with Gasteiger partial charge < -0.3 is 24.4 Å². The second-order valence-electron chi connectivity index (χ2n) is 8.38. The molecule has 0 aliphatic carbocycles. The van der Waals surface area contributed by atoms with Crippen molar-refractivity contribution in [1.82, 2.24) is 0 Å². The Kier molecular flexibility index (Phi) is 5.01. The molecule has 0 saturated heterocycles. The third-order valence-corrected chi connectivity index (χ3v) is 5.72. The first kappa shape index (κ1) is 20.9. The number of hydrogen-bond donors (Lipinski definition) is 2. The number of carbonyl (C=O) groups is 2. The van der Waals surface area contributed by atoms with E-state index in [4.69, 9.17) is 14.2 Å². The predicted octanol–water partition coefficient (Wildman–Crippen LogP) is 2.74. The van der Waals surface area contributed by atoms with Crippen molar-refractivity contribution in [1.29, 1.82) is 0 Å². The van der Waals surface area contributed by atoms with E-state index in [9.17, 15) is 19.8 Å². The van der Waals surface area contributed by atoms with Crippen molar-refractivity contribution in [2.24, 2.45) is 0 Å². The summed E-state index contributed by atoms with van der Waals surface area (Å²) in [5, 5.41) is 20.8. The smallest absolute Gasteiger partial charge is 0.375 e. The predicted molar refractivity (Wildman–Crippen MR) is 111 cm³/mol. The van der Waals surface area contributed by atoms with E-state index < -0.39 is 28.9 Å². The molecule has 2 N–H and O–H groups in total. The van der Waals surface area contributed by atoms with Gasteiger partial charge in [0.25, 0.3) is 0 Å². The normalized spacial score (nSPS) is 22.7. The number of cyclic esters (lactones) is 1. The molecular weight excluding hydrogens is 400 g/mol. The fraction of sp³-hybridized carbons (Fsp3) is 0.333. The number of methoxy groups -OCH3 is 1. The third-order valence-electron chi connectivity index (χ3n) is 5.72. The molecule has 2 aliphatic rings. The fourth-order valence-electron chi connectivity index (χ4n) is 4.12. The van der Waals surface area contributed by atoms with Gasteiger partial charge in [0.1, 0.15) is 11.9 Å². The summed E-state index contributed by atoms with van der Waals surface area (Å²) >= 11 is 0. The van der Waals surface area contributed by atoms with Crippen molar-refractivity contribution in [2.45, 2.75) is 44.0 Å². The summed E-state index contributed by atoms with van der Waals surface area (Å²) in [6.07, 6.45) is 0.0882. The van der Waals surface area contributed by atoms with Gasteiger partial charge in [0.2, 0.25) is 11.4 Å². The van der Waals surface area contributed by atoms with Crippen LogP contribution in [0.5, 0.6) is 5.75 Å². The molecule has 4 rings (SSSR count). The van der Waals surface area contributed by atoms with Gasteiger partial charge in [-0.25, -0.2) is 9.59 Å². The van der Waals surface area contributed by atoms with Crippen LogP contribution in [0, 0.1) is 0 Å². The molecule has 2 aliphatic heterocycles. The van der Waals surface area contributed by atoms with Crippen molar-refractivity contribution in [3.63, 3.8) is 0 Å². The van der Waals surface area contributed by atoms with Crippen molar-refractivity contribution in [3.05, 3.63) is 71.0 Å². The average Bonchev–Trinajstić information content (AvgIpc) is 3.27. The maximum atomic E-state index is 12.9. The van der Waals surface area contributed by atoms with E-state index in [-0.39, 0.29) is 18.1 Å². The Bertz CT molecular complexity index is 1070. The van der Waals surface area contributed by atoms with Crippen LogP contribution < -0.4 is 4.74 Å². The lowest BCUT2D eigenvalue weighted by atomic mass is 9.83. The van der Waals surface area contributed by atoms with Crippen molar-refractivity contribution < 1.29 is 34.0 Å². The minimum Gasteiger partial charge on any atom is -0.502 e. The van der Waals surface area contributed by atoms with E-state index in [0.717, 1.165) is 5.56 Å². The lowest BCUT2D eigenvalue weighted by molar-refractivity contribution is -0.169. The molecule has 7 heteroatoms. The van der Waals surface area contributed by atoms with Crippen LogP contribution in [0.4, 0.5) is 0 Å². The summed E-state index contributed by atoms with van der Waals surface area (Å²) < 4.78 is 16.3. The second-order valence-corrected chi connectivity index (χ2v) is 8.38. The first-order valence-corrected chi connectivity index (χ1v) is 9.97. The van der Waals surface area contributed by atoms with Gasteiger partial charge in [0.05, 0.1) is 18.3 Å². The van der Waals surface area contributed by atoms with Crippen molar-refractivity contribution in [2.75, 3.05) is 7.11 Å². The molecule has 2 heterocycles. The number of aliphatic hydroxyl groups excluding tert-OH is 1. The highest BCUT2D eigenvalue weighted by molar-refractivity contribution is 6.11. The van der Waals surface area contributed by atoms with E-state index in [1.54, 1.807) is 56.3 Å². The number of fused-ring (bicyclic) bond motifs is 1. The molecule has 2 atom stereocenters. The van der Waals surface area contributed by atoms with Crippen LogP contribution in [-0.4, -0.2) is 46.6 Å². The quantitative estimate of drug-likeness (QED) is 0.712. The molecule has 0 amide bonds. The summed E-state index contributed by atoms with van der Waals surface area (Å²) in [5.74, 6) is -1.71. The molecule has 0 saturated carbocycles. The average molecular weight is 424 g/mol. The van der Waals surface area contributed by atoms with Crippen LogP contribution in [0.25, 0.3) is 5.57 Å². The molecule has 2 aromatic carbocycles. The van der Waals surface area contributed by atoms with Gasteiger partial charge in [-0.15, -0.1) is 0 Å². The highest BCUT2D eigenvalue weighted by atomic mass is 16.6. The Morgan fingerprint density at radius 2 is 1.94 bits per heavy atom. The first-order valence-electron chi connectivity index (χ1n) is 9.97. The number of rotatable bonds is 5. The lowest BCUT2D eigenvalue weighted by Crippen LogP contribution is -2.44. The highest BCUT2D eigenvalue weighted by Crippen LogP contribution is 2.43. The molecule has 31 heavy (non-hydrogen) atoms. The maximum Gasteiger partial charge on any atom is 0.375 e. The molecule has 0 spiro atoms. The molecule has 0 fully saturated rings. The maximum absolute atomic E-state index is 12.9. The number of esters is 2. The number of carbonyl (C=O) groups excluding carboxylic acids is 2. The Balaban J connectivity index is 1.75. The first-order chi connectivity index (χ1) is 14.7. The highest BCUT2D eigenvalue weighted by Gasteiger charge is 2.55. The minimum atomic E-state index is -1.82. The van der Waals surface area contributed by atoms with Crippen LogP contribution in [-0.2, 0) is 31.9 Å². The SMILES string of the molecule is COC(=O)C1(Cc2ccc3c(c2)CC(C(C)(C)O)O3)OC(=O)C(O)=C1c1ccccc1. The molecule has 0 bridgehead atoms. The van der Waals surface area contributed by atoms with Crippen LogP contribution in [0.3, 0.4) is 0 Å². The molecule has 7 nitrogen and oxygen atoms in total. The van der Waals surface area contributed by atoms with Gasteiger partial charge in [0, 0.05) is 12.8 Å². The molecule has 162 valence electrons. The Labute approximate surface area is 179 Å². The van der Waals surface area contributed by atoms with E-state index in [2.05, 4.69) is 0 Å². The molecule has 2 unspecified atom stereocenters. The Morgan fingerprint density at radius 1 is 1.23 bits per heavy atom. The van der Waals surface area contributed by atoms with Crippen LogP contribution in [0.2, 0.25) is 0 Å². The molecule has 2 aromatic rings. The lowest BCUT2D eigenvalue weighted by Gasteiger charge is -2.28. The zero-order valence-electron chi connectivity index (χ0n) is 17.5. The topological polar surface area (TPSA) is 102 Å². The van der Waals surface area contributed by atoms with E-state index in [1.807, 2.05) is 6.07 Å². The number of hydrogen-bond acceptors (Lipinski definition) is 7. The van der Waals surface area contributed by atoms with E-state index in [0.29, 0.717) is 23.3 Å².